The van der Waals surface area contributed by atoms with E-state index in [9.17, 15) is 4.79 Å². The number of amides is 1. The molecule has 8 heteroatoms. The summed E-state index contributed by atoms with van der Waals surface area (Å²) in [7, 11) is 1.56. The number of nitrogen functional groups attached to an aromatic ring is 1. The van der Waals surface area contributed by atoms with Crippen molar-refractivity contribution in [3.05, 3.63) is 53.2 Å². The molecular weight excluding hydrogens is 406 g/mol. The van der Waals surface area contributed by atoms with Crippen LogP contribution < -0.4 is 15.8 Å². The minimum atomic E-state index is -0.115. The summed E-state index contributed by atoms with van der Waals surface area (Å²) in [6.45, 7) is 4.46. The van der Waals surface area contributed by atoms with Gasteiger partial charge in [-0.15, -0.1) is 0 Å². The number of anilines is 1. The van der Waals surface area contributed by atoms with E-state index in [1.54, 1.807) is 25.3 Å². The van der Waals surface area contributed by atoms with Crippen LogP contribution in [0.25, 0.3) is 11.3 Å². The number of aromatic nitrogens is 3. The number of carbonyl (C=O) groups excluding carboxylic acids is 1. The fraction of sp³-hybridized carbons (Fsp3) is 0.417. The van der Waals surface area contributed by atoms with E-state index in [2.05, 4.69) is 15.5 Å². The molecule has 1 aliphatic carbocycles. The van der Waals surface area contributed by atoms with Gasteiger partial charge in [-0.05, 0) is 63.6 Å². The van der Waals surface area contributed by atoms with Gasteiger partial charge in [-0.1, -0.05) is 5.16 Å². The Bertz CT molecular complexity index is 1100. The van der Waals surface area contributed by atoms with Gasteiger partial charge >= 0.3 is 0 Å². The Labute approximate surface area is 187 Å². The first-order chi connectivity index (χ1) is 15.4. The van der Waals surface area contributed by atoms with Crippen molar-refractivity contribution >= 4 is 11.6 Å². The SMILES string of the molecule is COc1ccc(C(=O)NCC2CCC(c3nc(C)ncc3-c3cc(C)no3)CC2)cc1N. The summed E-state index contributed by atoms with van der Waals surface area (Å²) in [6.07, 6.45) is 5.89. The van der Waals surface area contributed by atoms with Crippen LogP contribution >= 0.6 is 0 Å². The predicted molar refractivity (Wildman–Crippen MR) is 121 cm³/mol. The summed E-state index contributed by atoms with van der Waals surface area (Å²) in [6, 6.07) is 7.01. The molecule has 0 aliphatic heterocycles. The first kappa shape index (κ1) is 21.8. The molecule has 3 aromatic rings. The van der Waals surface area contributed by atoms with E-state index in [0.717, 1.165) is 48.5 Å². The van der Waals surface area contributed by atoms with Gasteiger partial charge in [0, 0.05) is 30.3 Å². The van der Waals surface area contributed by atoms with Crippen molar-refractivity contribution in [2.24, 2.45) is 5.92 Å². The smallest absolute Gasteiger partial charge is 0.251 e. The van der Waals surface area contributed by atoms with Gasteiger partial charge in [0.25, 0.3) is 5.91 Å². The third kappa shape index (κ3) is 4.74. The van der Waals surface area contributed by atoms with Gasteiger partial charge in [0.2, 0.25) is 0 Å². The molecule has 1 saturated carbocycles. The van der Waals surface area contributed by atoms with Crippen LogP contribution in [0.5, 0.6) is 5.75 Å². The molecule has 1 aromatic carbocycles. The summed E-state index contributed by atoms with van der Waals surface area (Å²) >= 11 is 0. The molecule has 3 N–H and O–H groups in total. The highest BCUT2D eigenvalue weighted by Crippen LogP contribution is 2.39. The summed E-state index contributed by atoms with van der Waals surface area (Å²) in [5.74, 6) is 2.70. The summed E-state index contributed by atoms with van der Waals surface area (Å²) in [5, 5.41) is 7.06. The molecule has 2 heterocycles. The molecule has 0 spiro atoms. The van der Waals surface area contributed by atoms with E-state index in [1.807, 2.05) is 26.1 Å². The lowest BCUT2D eigenvalue weighted by Crippen LogP contribution is -2.31. The normalized spacial score (nSPS) is 18.3. The van der Waals surface area contributed by atoms with Gasteiger partial charge in [-0.3, -0.25) is 4.79 Å². The van der Waals surface area contributed by atoms with Crippen LogP contribution in [0.15, 0.2) is 35.0 Å². The Balaban J connectivity index is 1.36. The highest BCUT2D eigenvalue weighted by Gasteiger charge is 2.27. The molecule has 0 saturated heterocycles. The number of benzene rings is 1. The van der Waals surface area contributed by atoms with Gasteiger partial charge in [-0.2, -0.15) is 0 Å². The quantitative estimate of drug-likeness (QED) is 0.561. The van der Waals surface area contributed by atoms with Crippen molar-refractivity contribution in [1.82, 2.24) is 20.4 Å². The lowest BCUT2D eigenvalue weighted by Gasteiger charge is -2.29. The van der Waals surface area contributed by atoms with Gasteiger partial charge in [-0.25, -0.2) is 9.97 Å². The van der Waals surface area contributed by atoms with E-state index in [4.69, 9.17) is 20.0 Å². The Kier molecular flexibility index (Phi) is 6.39. The number of rotatable bonds is 6. The molecule has 1 fully saturated rings. The maximum atomic E-state index is 12.5. The number of nitrogens with zero attached hydrogens (tertiary/aromatic N) is 3. The van der Waals surface area contributed by atoms with Gasteiger partial charge in [0.15, 0.2) is 5.76 Å². The molecule has 2 aromatic heterocycles. The number of ether oxygens (including phenoxy) is 1. The molecule has 1 aliphatic rings. The van der Waals surface area contributed by atoms with Crippen molar-refractivity contribution in [2.45, 2.75) is 45.4 Å². The van der Waals surface area contributed by atoms with Crippen LogP contribution in [0.4, 0.5) is 5.69 Å². The molecular formula is C24H29N5O3. The van der Waals surface area contributed by atoms with E-state index in [0.29, 0.717) is 41.1 Å². The summed E-state index contributed by atoms with van der Waals surface area (Å²) in [5.41, 5.74) is 9.71. The summed E-state index contributed by atoms with van der Waals surface area (Å²) < 4.78 is 10.6. The van der Waals surface area contributed by atoms with E-state index in [-0.39, 0.29) is 5.91 Å². The van der Waals surface area contributed by atoms with Crippen molar-refractivity contribution in [3.8, 4) is 17.1 Å². The van der Waals surface area contributed by atoms with E-state index >= 15 is 0 Å². The Morgan fingerprint density at radius 3 is 2.66 bits per heavy atom. The Hall–Kier alpha value is -3.42. The molecule has 0 radical (unpaired) electrons. The molecule has 168 valence electrons. The standard InChI is InChI=1S/C24H29N5O3/c1-14-10-22(32-29-14)19-13-26-15(2)28-23(19)17-6-4-16(5-7-17)12-27-24(30)18-8-9-21(31-3)20(25)11-18/h8-11,13,16-17H,4-7,12,25H2,1-3H3,(H,27,30). The lowest BCUT2D eigenvalue weighted by atomic mass is 9.79. The molecule has 4 rings (SSSR count). The van der Waals surface area contributed by atoms with Gasteiger partial charge in [0.1, 0.15) is 11.6 Å². The number of hydrogen-bond donors (Lipinski definition) is 2. The topological polar surface area (TPSA) is 116 Å². The average Bonchev–Trinajstić information content (AvgIpc) is 3.23. The predicted octanol–water partition coefficient (Wildman–Crippen LogP) is 4.04. The maximum absolute atomic E-state index is 12.5. The number of nitrogens with one attached hydrogen (secondary N) is 1. The van der Waals surface area contributed by atoms with Gasteiger partial charge in [0.05, 0.1) is 29.7 Å². The fourth-order valence-corrected chi connectivity index (χ4v) is 4.33. The third-order valence-electron chi connectivity index (χ3n) is 6.11. The number of nitrogens with two attached hydrogens (primary N) is 1. The average molecular weight is 436 g/mol. The Morgan fingerprint density at radius 1 is 1.22 bits per heavy atom. The monoisotopic (exact) mass is 435 g/mol. The minimum absolute atomic E-state index is 0.115. The minimum Gasteiger partial charge on any atom is -0.495 e. The molecule has 1 amide bonds. The number of hydrogen-bond acceptors (Lipinski definition) is 7. The molecule has 32 heavy (non-hydrogen) atoms. The number of aryl methyl sites for hydroxylation is 2. The molecule has 0 atom stereocenters. The van der Waals surface area contributed by atoms with E-state index in [1.165, 1.54) is 0 Å². The van der Waals surface area contributed by atoms with Crippen molar-refractivity contribution in [2.75, 3.05) is 19.4 Å². The lowest BCUT2D eigenvalue weighted by molar-refractivity contribution is 0.0943. The second-order valence-corrected chi connectivity index (χ2v) is 8.43. The first-order valence-corrected chi connectivity index (χ1v) is 10.9. The highest BCUT2D eigenvalue weighted by atomic mass is 16.5. The van der Waals surface area contributed by atoms with Crippen molar-refractivity contribution in [3.63, 3.8) is 0 Å². The highest BCUT2D eigenvalue weighted by molar-refractivity contribution is 5.95. The van der Waals surface area contributed by atoms with Crippen LogP contribution in [0, 0.1) is 19.8 Å². The first-order valence-electron chi connectivity index (χ1n) is 10.9. The van der Waals surface area contributed by atoms with E-state index < -0.39 is 0 Å². The molecule has 0 unspecified atom stereocenters. The second-order valence-electron chi connectivity index (χ2n) is 8.43. The summed E-state index contributed by atoms with van der Waals surface area (Å²) in [4.78, 5) is 21.6. The third-order valence-corrected chi connectivity index (χ3v) is 6.11. The number of methoxy groups -OCH3 is 1. The molecule has 0 bridgehead atoms. The van der Waals surface area contributed by atoms with Crippen LogP contribution in [0.1, 0.15) is 59.2 Å². The zero-order chi connectivity index (χ0) is 22.7. The van der Waals surface area contributed by atoms with Crippen molar-refractivity contribution < 1.29 is 14.1 Å². The molecule has 8 nitrogen and oxygen atoms in total. The van der Waals surface area contributed by atoms with Crippen LogP contribution in [-0.4, -0.2) is 34.7 Å². The number of carbonyl (C=O) groups is 1. The largest absolute Gasteiger partial charge is 0.495 e. The Morgan fingerprint density at radius 2 is 2.00 bits per heavy atom. The second kappa shape index (κ2) is 9.38. The van der Waals surface area contributed by atoms with Gasteiger partial charge < -0.3 is 20.3 Å². The van der Waals surface area contributed by atoms with Crippen LogP contribution in [0.2, 0.25) is 0 Å². The zero-order valence-electron chi connectivity index (χ0n) is 18.7. The zero-order valence-corrected chi connectivity index (χ0v) is 18.7. The fourth-order valence-electron chi connectivity index (χ4n) is 4.33. The van der Waals surface area contributed by atoms with Crippen molar-refractivity contribution in [1.29, 1.82) is 0 Å². The maximum Gasteiger partial charge on any atom is 0.251 e. The van der Waals surface area contributed by atoms with Crippen LogP contribution in [0.3, 0.4) is 0 Å². The van der Waals surface area contributed by atoms with Crippen LogP contribution in [-0.2, 0) is 0 Å².